The number of halogens is 1. The molecule has 1 amide bonds. The summed E-state index contributed by atoms with van der Waals surface area (Å²) in [4.78, 5) is 17.6. The molecule has 1 N–H and O–H groups in total. The largest absolute Gasteiger partial charge is 0.494 e. The van der Waals surface area contributed by atoms with Gasteiger partial charge in [-0.15, -0.1) is 0 Å². The van der Waals surface area contributed by atoms with Crippen molar-refractivity contribution in [2.75, 3.05) is 11.9 Å². The molecule has 2 aromatic carbocycles. The van der Waals surface area contributed by atoms with Gasteiger partial charge in [0.05, 0.1) is 6.61 Å². The predicted molar refractivity (Wildman–Crippen MR) is 120 cm³/mol. The molecular weight excluding hydrogens is 393 g/mol. The maximum Gasteiger partial charge on any atom is 0.256 e. The number of benzene rings is 2. The Morgan fingerprint density at radius 2 is 1.87 bits per heavy atom. The van der Waals surface area contributed by atoms with Gasteiger partial charge in [0.15, 0.2) is 0 Å². The minimum atomic E-state index is -0.397. The Morgan fingerprint density at radius 3 is 2.61 bits per heavy atom. The van der Waals surface area contributed by atoms with E-state index in [0.29, 0.717) is 34.9 Å². The summed E-state index contributed by atoms with van der Waals surface area (Å²) in [5, 5.41) is 2.93. The Labute approximate surface area is 180 Å². The van der Waals surface area contributed by atoms with Crippen LogP contribution in [0.3, 0.4) is 0 Å². The SMILES string of the molecule is CCCCOc1ccc(C(=O)Nc2c(-c3ccccc3F)nc3ccc(C)cn23)cc1. The molecule has 0 bridgehead atoms. The van der Waals surface area contributed by atoms with E-state index in [1.807, 2.05) is 25.3 Å². The molecule has 0 aliphatic rings. The van der Waals surface area contributed by atoms with Gasteiger partial charge < -0.3 is 10.1 Å². The van der Waals surface area contributed by atoms with Crippen LogP contribution in [-0.4, -0.2) is 21.9 Å². The number of fused-ring (bicyclic) bond motifs is 1. The Morgan fingerprint density at radius 1 is 1.10 bits per heavy atom. The first kappa shape index (κ1) is 20.6. The summed E-state index contributed by atoms with van der Waals surface area (Å²) in [6.07, 6.45) is 3.91. The van der Waals surface area contributed by atoms with E-state index in [9.17, 15) is 9.18 Å². The van der Waals surface area contributed by atoms with Gasteiger partial charge in [-0.2, -0.15) is 0 Å². The van der Waals surface area contributed by atoms with Crippen LogP contribution in [0.25, 0.3) is 16.9 Å². The lowest BCUT2D eigenvalue weighted by molar-refractivity contribution is 0.102. The summed E-state index contributed by atoms with van der Waals surface area (Å²) in [5.41, 5.74) is 2.81. The Kier molecular flexibility index (Phi) is 5.98. The topological polar surface area (TPSA) is 55.6 Å². The van der Waals surface area contributed by atoms with E-state index in [-0.39, 0.29) is 5.91 Å². The van der Waals surface area contributed by atoms with Crippen LogP contribution in [0.5, 0.6) is 5.75 Å². The van der Waals surface area contributed by atoms with Crippen molar-refractivity contribution < 1.29 is 13.9 Å². The predicted octanol–water partition coefficient (Wildman–Crippen LogP) is 5.88. The number of aryl methyl sites for hydroxylation is 1. The van der Waals surface area contributed by atoms with Crippen LogP contribution in [0.15, 0.2) is 66.9 Å². The van der Waals surface area contributed by atoms with Gasteiger partial charge in [0, 0.05) is 17.3 Å². The fraction of sp³-hybridized carbons (Fsp3) is 0.200. The van der Waals surface area contributed by atoms with Crippen LogP contribution in [0.4, 0.5) is 10.2 Å². The number of carbonyl (C=O) groups excluding carboxylic acids is 1. The molecule has 6 heteroatoms. The van der Waals surface area contributed by atoms with E-state index in [0.717, 1.165) is 24.2 Å². The molecule has 31 heavy (non-hydrogen) atoms. The number of anilines is 1. The molecule has 0 fully saturated rings. The smallest absolute Gasteiger partial charge is 0.256 e. The number of nitrogens with zero attached hydrogens (tertiary/aromatic N) is 2. The molecule has 2 heterocycles. The first-order valence-corrected chi connectivity index (χ1v) is 10.3. The van der Waals surface area contributed by atoms with Crippen molar-refractivity contribution in [3.05, 3.63) is 83.8 Å². The van der Waals surface area contributed by atoms with Gasteiger partial charge >= 0.3 is 0 Å². The number of imidazole rings is 1. The van der Waals surface area contributed by atoms with Crippen LogP contribution in [0.2, 0.25) is 0 Å². The van der Waals surface area contributed by atoms with E-state index in [1.54, 1.807) is 46.9 Å². The monoisotopic (exact) mass is 417 g/mol. The first-order valence-electron chi connectivity index (χ1n) is 10.3. The molecule has 0 aliphatic carbocycles. The maximum atomic E-state index is 14.5. The van der Waals surface area contributed by atoms with Gasteiger partial charge in [-0.05, 0) is 61.4 Å². The second-order valence-corrected chi connectivity index (χ2v) is 7.40. The normalized spacial score (nSPS) is 10.9. The average Bonchev–Trinajstić information content (AvgIpc) is 3.12. The van der Waals surface area contributed by atoms with Gasteiger partial charge in [0.1, 0.15) is 28.7 Å². The first-order chi connectivity index (χ1) is 15.1. The van der Waals surface area contributed by atoms with Crippen LogP contribution < -0.4 is 10.1 Å². The number of unbranched alkanes of at least 4 members (excludes halogenated alkanes) is 1. The minimum absolute atomic E-state index is 0.305. The van der Waals surface area contributed by atoms with E-state index in [4.69, 9.17) is 4.74 Å². The Bertz CT molecular complexity index is 1220. The van der Waals surface area contributed by atoms with Crippen LogP contribution in [0.1, 0.15) is 35.7 Å². The minimum Gasteiger partial charge on any atom is -0.494 e. The molecule has 0 saturated carbocycles. The van der Waals surface area contributed by atoms with Crippen molar-refractivity contribution in [1.82, 2.24) is 9.38 Å². The van der Waals surface area contributed by atoms with Gasteiger partial charge in [-0.1, -0.05) is 31.5 Å². The molecule has 158 valence electrons. The van der Waals surface area contributed by atoms with Crippen molar-refractivity contribution in [2.45, 2.75) is 26.7 Å². The molecular formula is C25H24FN3O2. The van der Waals surface area contributed by atoms with E-state index in [1.165, 1.54) is 6.07 Å². The lowest BCUT2D eigenvalue weighted by Crippen LogP contribution is -2.14. The summed E-state index contributed by atoms with van der Waals surface area (Å²) < 4.78 is 22.0. The Balaban J connectivity index is 1.67. The fourth-order valence-electron chi connectivity index (χ4n) is 3.33. The molecule has 0 atom stereocenters. The van der Waals surface area contributed by atoms with Crippen LogP contribution in [0, 0.1) is 12.7 Å². The number of hydrogen-bond donors (Lipinski definition) is 1. The Hall–Kier alpha value is -3.67. The molecule has 2 aromatic heterocycles. The highest BCUT2D eigenvalue weighted by atomic mass is 19.1. The molecule has 0 aliphatic heterocycles. The van der Waals surface area contributed by atoms with Crippen LogP contribution >= 0.6 is 0 Å². The molecule has 0 spiro atoms. The quantitative estimate of drug-likeness (QED) is 0.382. The second kappa shape index (κ2) is 9.00. The lowest BCUT2D eigenvalue weighted by atomic mass is 10.1. The van der Waals surface area contributed by atoms with Gasteiger partial charge in [-0.3, -0.25) is 9.20 Å². The highest BCUT2D eigenvalue weighted by Crippen LogP contribution is 2.31. The summed E-state index contributed by atoms with van der Waals surface area (Å²) in [5.74, 6) is 0.451. The molecule has 0 unspecified atom stereocenters. The zero-order chi connectivity index (χ0) is 21.8. The van der Waals surface area contributed by atoms with E-state index < -0.39 is 5.82 Å². The number of amides is 1. The van der Waals surface area contributed by atoms with E-state index in [2.05, 4.69) is 17.2 Å². The summed E-state index contributed by atoms with van der Waals surface area (Å²) >= 11 is 0. The second-order valence-electron chi connectivity index (χ2n) is 7.40. The zero-order valence-corrected chi connectivity index (χ0v) is 17.6. The highest BCUT2D eigenvalue weighted by Gasteiger charge is 2.19. The summed E-state index contributed by atoms with van der Waals surface area (Å²) in [6, 6.07) is 17.2. The fourth-order valence-corrected chi connectivity index (χ4v) is 3.33. The number of carbonyl (C=O) groups is 1. The maximum absolute atomic E-state index is 14.5. The molecule has 4 aromatic rings. The summed E-state index contributed by atoms with van der Waals surface area (Å²) in [7, 11) is 0. The highest BCUT2D eigenvalue weighted by molar-refractivity contribution is 6.05. The number of aromatic nitrogens is 2. The molecule has 0 saturated heterocycles. The number of pyridine rings is 1. The number of rotatable bonds is 7. The van der Waals surface area contributed by atoms with E-state index >= 15 is 0 Å². The molecule has 0 radical (unpaired) electrons. The third kappa shape index (κ3) is 4.43. The van der Waals surface area contributed by atoms with Crippen molar-refractivity contribution in [2.24, 2.45) is 0 Å². The van der Waals surface area contributed by atoms with Crippen LogP contribution in [-0.2, 0) is 0 Å². The van der Waals surface area contributed by atoms with Crippen molar-refractivity contribution in [3.8, 4) is 17.0 Å². The summed E-state index contributed by atoms with van der Waals surface area (Å²) in [6.45, 7) is 4.70. The van der Waals surface area contributed by atoms with Crippen molar-refractivity contribution in [1.29, 1.82) is 0 Å². The van der Waals surface area contributed by atoms with Gasteiger partial charge in [-0.25, -0.2) is 9.37 Å². The number of nitrogens with one attached hydrogen (secondary N) is 1. The molecule has 5 nitrogen and oxygen atoms in total. The average molecular weight is 417 g/mol. The lowest BCUT2D eigenvalue weighted by Gasteiger charge is -2.10. The van der Waals surface area contributed by atoms with Gasteiger partial charge in [0.2, 0.25) is 0 Å². The van der Waals surface area contributed by atoms with Crippen molar-refractivity contribution >= 4 is 17.4 Å². The van der Waals surface area contributed by atoms with Crippen molar-refractivity contribution in [3.63, 3.8) is 0 Å². The number of ether oxygens (including phenoxy) is 1. The zero-order valence-electron chi connectivity index (χ0n) is 17.6. The number of hydrogen-bond acceptors (Lipinski definition) is 3. The third-order valence-electron chi connectivity index (χ3n) is 5.01. The molecule has 4 rings (SSSR count). The van der Waals surface area contributed by atoms with Gasteiger partial charge in [0.25, 0.3) is 5.91 Å². The third-order valence-corrected chi connectivity index (χ3v) is 5.01. The standard InChI is InChI=1S/C25H24FN3O2/c1-3-4-15-31-19-12-10-18(11-13-19)25(30)28-24-23(20-7-5-6-8-21(20)26)27-22-14-9-17(2)16-29(22)24/h5-14,16H,3-4,15H2,1-2H3,(H,28,30).